The highest BCUT2D eigenvalue weighted by Crippen LogP contribution is 2.18. The number of hydrogen-bond donors (Lipinski definition) is 1. The van der Waals surface area contributed by atoms with E-state index >= 15 is 0 Å². The molecule has 0 saturated heterocycles. The fourth-order valence-electron chi connectivity index (χ4n) is 1.98. The van der Waals surface area contributed by atoms with Gasteiger partial charge in [0.1, 0.15) is 6.10 Å². The molecule has 3 heteroatoms. The number of amidine groups is 1. The molecule has 2 aliphatic rings. The van der Waals surface area contributed by atoms with E-state index in [1.807, 2.05) is 0 Å². The Morgan fingerprint density at radius 3 is 2.69 bits per heavy atom. The van der Waals surface area contributed by atoms with Gasteiger partial charge in [-0.2, -0.15) is 0 Å². The van der Waals surface area contributed by atoms with Crippen LogP contribution < -0.4 is 5.32 Å². The van der Waals surface area contributed by atoms with Gasteiger partial charge < -0.3 is 10.1 Å². The van der Waals surface area contributed by atoms with Crippen LogP contribution in [0, 0.1) is 0 Å². The van der Waals surface area contributed by atoms with E-state index in [-0.39, 0.29) is 6.10 Å². The molecule has 0 radical (unpaired) electrons. The van der Waals surface area contributed by atoms with E-state index in [2.05, 4.69) is 17.2 Å². The Hall–Kier alpha value is -0.730. The van der Waals surface area contributed by atoms with Gasteiger partial charge >= 0.3 is 0 Å². The largest absolute Gasteiger partial charge is 0.460 e. The summed E-state index contributed by atoms with van der Waals surface area (Å²) < 4.78 is 5.50. The Kier molecular flexibility index (Phi) is 2.71. The molecule has 1 aliphatic heterocycles. The highest BCUT2D eigenvalue weighted by Gasteiger charge is 2.19. The SMILES string of the molecule is CC1CN=C(NC2CCCCC2)O1. The predicted octanol–water partition coefficient (Wildman–Crippen LogP) is 1.68. The van der Waals surface area contributed by atoms with E-state index in [0.717, 1.165) is 12.6 Å². The van der Waals surface area contributed by atoms with Crippen molar-refractivity contribution in [1.82, 2.24) is 5.32 Å². The number of rotatable bonds is 1. The molecular formula is C10H18N2O. The summed E-state index contributed by atoms with van der Waals surface area (Å²) in [4.78, 5) is 4.29. The molecule has 0 aromatic heterocycles. The van der Waals surface area contributed by atoms with Crippen molar-refractivity contribution in [2.75, 3.05) is 6.54 Å². The first kappa shape index (κ1) is 8.85. The number of nitrogens with one attached hydrogen (secondary N) is 1. The van der Waals surface area contributed by atoms with Crippen molar-refractivity contribution in [3.05, 3.63) is 0 Å². The summed E-state index contributed by atoms with van der Waals surface area (Å²) in [7, 11) is 0. The monoisotopic (exact) mass is 182 g/mol. The van der Waals surface area contributed by atoms with Crippen LogP contribution in [0.3, 0.4) is 0 Å². The minimum atomic E-state index is 0.270. The molecule has 0 aromatic carbocycles. The first-order valence-corrected chi connectivity index (χ1v) is 5.32. The van der Waals surface area contributed by atoms with Crippen LogP contribution in [0.4, 0.5) is 0 Å². The van der Waals surface area contributed by atoms with Gasteiger partial charge in [0.15, 0.2) is 0 Å². The summed E-state index contributed by atoms with van der Waals surface area (Å²) in [6, 6.07) is 1.39. The van der Waals surface area contributed by atoms with Gasteiger partial charge in [-0.3, -0.25) is 0 Å². The lowest BCUT2D eigenvalue weighted by molar-refractivity contribution is 0.228. The Balaban J connectivity index is 1.77. The van der Waals surface area contributed by atoms with Gasteiger partial charge in [0.05, 0.1) is 6.54 Å². The van der Waals surface area contributed by atoms with E-state index in [4.69, 9.17) is 4.74 Å². The van der Waals surface area contributed by atoms with Crippen LogP contribution in [0.15, 0.2) is 4.99 Å². The van der Waals surface area contributed by atoms with Gasteiger partial charge in [0.2, 0.25) is 0 Å². The van der Waals surface area contributed by atoms with E-state index < -0.39 is 0 Å². The van der Waals surface area contributed by atoms with E-state index in [9.17, 15) is 0 Å². The third-order valence-corrected chi connectivity index (χ3v) is 2.74. The topological polar surface area (TPSA) is 33.6 Å². The average Bonchev–Trinajstić information content (AvgIpc) is 2.53. The standard InChI is InChI=1S/C10H18N2O/c1-8-7-11-10(13-8)12-9-5-3-2-4-6-9/h8-9H,2-7H2,1H3,(H,11,12). The molecule has 0 spiro atoms. The molecule has 1 aliphatic carbocycles. The number of nitrogens with zero attached hydrogens (tertiary/aromatic N) is 1. The van der Waals surface area contributed by atoms with E-state index in [0.29, 0.717) is 6.04 Å². The summed E-state index contributed by atoms with van der Waals surface area (Å²) >= 11 is 0. The van der Waals surface area contributed by atoms with E-state index in [1.54, 1.807) is 0 Å². The van der Waals surface area contributed by atoms with Gasteiger partial charge in [-0.1, -0.05) is 19.3 Å². The molecule has 13 heavy (non-hydrogen) atoms. The summed E-state index contributed by atoms with van der Waals surface area (Å²) in [5, 5.41) is 3.38. The molecule has 1 N–H and O–H groups in total. The second-order valence-electron chi connectivity index (χ2n) is 4.05. The molecule has 1 atom stereocenters. The maximum absolute atomic E-state index is 5.50. The van der Waals surface area contributed by atoms with Gasteiger partial charge in [0, 0.05) is 6.04 Å². The quantitative estimate of drug-likeness (QED) is 0.669. The Morgan fingerprint density at radius 2 is 2.08 bits per heavy atom. The minimum absolute atomic E-state index is 0.270. The molecule has 1 saturated carbocycles. The van der Waals surface area contributed by atoms with Gasteiger partial charge in [0.25, 0.3) is 6.02 Å². The zero-order valence-corrected chi connectivity index (χ0v) is 8.25. The van der Waals surface area contributed by atoms with Crippen LogP contribution in [-0.2, 0) is 4.74 Å². The summed E-state index contributed by atoms with van der Waals surface area (Å²) in [6.45, 7) is 2.87. The van der Waals surface area contributed by atoms with Crippen molar-refractivity contribution in [2.24, 2.45) is 4.99 Å². The molecular weight excluding hydrogens is 164 g/mol. The van der Waals surface area contributed by atoms with Crippen molar-refractivity contribution in [1.29, 1.82) is 0 Å². The Morgan fingerprint density at radius 1 is 1.31 bits per heavy atom. The molecule has 0 aromatic rings. The second kappa shape index (κ2) is 3.99. The molecule has 1 fully saturated rings. The molecule has 3 nitrogen and oxygen atoms in total. The number of hydrogen-bond acceptors (Lipinski definition) is 3. The lowest BCUT2D eigenvalue weighted by atomic mass is 9.96. The normalized spacial score (nSPS) is 29.6. The van der Waals surface area contributed by atoms with Crippen molar-refractivity contribution in [2.45, 2.75) is 51.2 Å². The highest BCUT2D eigenvalue weighted by atomic mass is 16.5. The third kappa shape index (κ3) is 2.36. The molecule has 0 amide bonds. The number of ether oxygens (including phenoxy) is 1. The van der Waals surface area contributed by atoms with Crippen LogP contribution in [-0.4, -0.2) is 24.7 Å². The zero-order chi connectivity index (χ0) is 9.10. The van der Waals surface area contributed by atoms with Crippen LogP contribution in [0.25, 0.3) is 0 Å². The van der Waals surface area contributed by atoms with Gasteiger partial charge in [-0.05, 0) is 19.8 Å². The fraction of sp³-hybridized carbons (Fsp3) is 0.900. The van der Waals surface area contributed by atoms with Crippen LogP contribution in [0.1, 0.15) is 39.0 Å². The van der Waals surface area contributed by atoms with Crippen molar-refractivity contribution in [3.8, 4) is 0 Å². The average molecular weight is 182 g/mol. The Bertz CT molecular complexity index is 197. The van der Waals surface area contributed by atoms with Gasteiger partial charge in [-0.25, -0.2) is 4.99 Å². The second-order valence-corrected chi connectivity index (χ2v) is 4.05. The van der Waals surface area contributed by atoms with Crippen LogP contribution in [0.5, 0.6) is 0 Å². The van der Waals surface area contributed by atoms with Crippen LogP contribution in [0.2, 0.25) is 0 Å². The molecule has 0 bridgehead atoms. The lowest BCUT2D eigenvalue weighted by Gasteiger charge is -2.23. The molecule has 2 rings (SSSR count). The molecule has 74 valence electrons. The smallest absolute Gasteiger partial charge is 0.285 e. The highest BCUT2D eigenvalue weighted by molar-refractivity contribution is 5.75. The minimum Gasteiger partial charge on any atom is -0.460 e. The zero-order valence-electron chi connectivity index (χ0n) is 8.25. The fourth-order valence-corrected chi connectivity index (χ4v) is 1.98. The summed E-state index contributed by atoms with van der Waals surface area (Å²) in [6.07, 6.45) is 6.90. The van der Waals surface area contributed by atoms with Crippen molar-refractivity contribution < 1.29 is 4.74 Å². The van der Waals surface area contributed by atoms with Crippen molar-refractivity contribution in [3.63, 3.8) is 0 Å². The maximum atomic E-state index is 5.50. The summed E-state index contributed by atoms with van der Waals surface area (Å²) in [5.74, 6) is 0. The predicted molar refractivity (Wildman–Crippen MR) is 52.9 cm³/mol. The first-order chi connectivity index (χ1) is 6.34. The third-order valence-electron chi connectivity index (χ3n) is 2.74. The van der Waals surface area contributed by atoms with Gasteiger partial charge in [-0.15, -0.1) is 0 Å². The maximum Gasteiger partial charge on any atom is 0.285 e. The summed E-state index contributed by atoms with van der Waals surface area (Å²) in [5.41, 5.74) is 0. The van der Waals surface area contributed by atoms with E-state index in [1.165, 1.54) is 32.1 Å². The molecule has 1 heterocycles. The number of aliphatic imine (C=N–C) groups is 1. The van der Waals surface area contributed by atoms with Crippen molar-refractivity contribution >= 4 is 6.02 Å². The van der Waals surface area contributed by atoms with Crippen LogP contribution >= 0.6 is 0 Å². The first-order valence-electron chi connectivity index (χ1n) is 5.32. The molecule has 1 unspecified atom stereocenters. The Labute approximate surface area is 79.6 Å². The lowest BCUT2D eigenvalue weighted by Crippen LogP contribution is -2.36.